The summed E-state index contributed by atoms with van der Waals surface area (Å²) >= 11 is 6.26. The van der Waals surface area contributed by atoms with E-state index in [4.69, 9.17) is 16.3 Å². The van der Waals surface area contributed by atoms with Crippen molar-refractivity contribution in [3.63, 3.8) is 0 Å². The summed E-state index contributed by atoms with van der Waals surface area (Å²) in [5, 5.41) is 12.6. The quantitative estimate of drug-likeness (QED) is 0.757. The fourth-order valence-electron chi connectivity index (χ4n) is 3.39. The van der Waals surface area contributed by atoms with Gasteiger partial charge >= 0.3 is 6.09 Å². The number of amides is 2. The molecule has 0 unspecified atom stereocenters. The van der Waals surface area contributed by atoms with Gasteiger partial charge in [0, 0.05) is 45.0 Å². The predicted octanol–water partition coefficient (Wildman–Crippen LogP) is 3.69. The van der Waals surface area contributed by atoms with Crippen LogP contribution in [0.1, 0.15) is 36.7 Å². The number of pyridine rings is 1. The average molecular weight is 456 g/mol. The molecule has 2 amide bonds. The lowest BCUT2D eigenvalue weighted by Gasteiger charge is -2.36. The maximum atomic E-state index is 12.3. The Morgan fingerprint density at radius 2 is 1.84 bits per heavy atom. The van der Waals surface area contributed by atoms with E-state index >= 15 is 0 Å². The molecule has 0 spiro atoms. The third-order valence-electron chi connectivity index (χ3n) is 4.99. The largest absolute Gasteiger partial charge is 0.444 e. The molecule has 1 aromatic heterocycles. The second-order valence-corrected chi connectivity index (χ2v) is 8.84. The van der Waals surface area contributed by atoms with Crippen LogP contribution in [0.5, 0.6) is 0 Å². The summed E-state index contributed by atoms with van der Waals surface area (Å²) in [6.45, 7) is 7.58. The van der Waals surface area contributed by atoms with Gasteiger partial charge in [-0.1, -0.05) is 17.7 Å². The van der Waals surface area contributed by atoms with E-state index in [0.717, 1.165) is 11.1 Å². The van der Waals surface area contributed by atoms with Crippen LogP contribution in [0.4, 0.5) is 10.6 Å². The number of carbonyl (C=O) groups excluding carboxylic acids is 2. The van der Waals surface area contributed by atoms with Gasteiger partial charge in [0.15, 0.2) is 0 Å². The molecule has 1 aliphatic rings. The Morgan fingerprint density at radius 1 is 1.16 bits per heavy atom. The van der Waals surface area contributed by atoms with Crippen LogP contribution in [0, 0.1) is 11.3 Å². The van der Waals surface area contributed by atoms with Gasteiger partial charge in [0.2, 0.25) is 0 Å². The number of benzene rings is 1. The van der Waals surface area contributed by atoms with E-state index in [1.807, 2.05) is 25.7 Å². The van der Waals surface area contributed by atoms with Gasteiger partial charge in [0.1, 0.15) is 17.5 Å². The van der Waals surface area contributed by atoms with E-state index < -0.39 is 5.60 Å². The van der Waals surface area contributed by atoms with Crippen LogP contribution in [-0.4, -0.2) is 60.7 Å². The summed E-state index contributed by atoms with van der Waals surface area (Å²) in [5.74, 6) is 0.312. The van der Waals surface area contributed by atoms with Gasteiger partial charge in [-0.15, -0.1) is 0 Å². The molecule has 0 atom stereocenters. The number of rotatable bonds is 3. The van der Waals surface area contributed by atoms with Crippen molar-refractivity contribution in [1.82, 2.24) is 15.2 Å². The second kappa shape index (κ2) is 9.45. The maximum Gasteiger partial charge on any atom is 0.410 e. The Morgan fingerprint density at radius 3 is 2.41 bits per heavy atom. The van der Waals surface area contributed by atoms with Crippen molar-refractivity contribution in [1.29, 1.82) is 5.26 Å². The molecule has 2 heterocycles. The number of aromatic nitrogens is 1. The van der Waals surface area contributed by atoms with Crippen LogP contribution >= 0.6 is 11.6 Å². The number of hydrogen-bond acceptors (Lipinski definition) is 6. The SMILES string of the molecule is CNC(=O)c1ccc(-c2cnc(N3CCN(C(=O)OC(C)(C)C)CC3)c(C#N)c2)cc1Cl. The van der Waals surface area contributed by atoms with Crippen LogP contribution in [-0.2, 0) is 4.74 Å². The second-order valence-electron chi connectivity index (χ2n) is 8.44. The summed E-state index contributed by atoms with van der Waals surface area (Å²) in [5.41, 5.74) is 1.75. The molecule has 3 rings (SSSR count). The number of halogens is 1. The minimum absolute atomic E-state index is 0.265. The molecule has 168 valence electrons. The molecule has 2 aromatic rings. The molecule has 9 heteroatoms. The number of nitrogens with zero attached hydrogens (tertiary/aromatic N) is 4. The van der Waals surface area contributed by atoms with E-state index in [2.05, 4.69) is 16.4 Å². The van der Waals surface area contributed by atoms with Crippen molar-refractivity contribution in [2.75, 3.05) is 38.1 Å². The predicted molar refractivity (Wildman–Crippen MR) is 123 cm³/mol. The highest BCUT2D eigenvalue weighted by Crippen LogP contribution is 2.29. The minimum Gasteiger partial charge on any atom is -0.444 e. The standard InChI is InChI=1S/C23H26ClN5O3/c1-23(2,3)32-22(31)29-9-7-28(8-10-29)20-16(13-25)11-17(14-27-20)15-5-6-18(19(24)12-15)21(30)26-4/h5-6,11-12,14H,7-10H2,1-4H3,(H,26,30). The van der Waals surface area contributed by atoms with Crippen molar-refractivity contribution in [2.24, 2.45) is 0 Å². The zero-order valence-electron chi connectivity index (χ0n) is 18.6. The van der Waals surface area contributed by atoms with E-state index in [1.165, 1.54) is 0 Å². The number of anilines is 1. The summed E-state index contributed by atoms with van der Waals surface area (Å²) in [6.07, 6.45) is 1.35. The maximum absolute atomic E-state index is 12.3. The van der Waals surface area contributed by atoms with Crippen LogP contribution in [0.2, 0.25) is 5.02 Å². The van der Waals surface area contributed by atoms with Crippen molar-refractivity contribution in [3.8, 4) is 17.2 Å². The monoisotopic (exact) mass is 455 g/mol. The molecule has 1 saturated heterocycles. The van der Waals surface area contributed by atoms with Crippen molar-refractivity contribution in [2.45, 2.75) is 26.4 Å². The molecule has 32 heavy (non-hydrogen) atoms. The van der Waals surface area contributed by atoms with Gasteiger partial charge in [-0.25, -0.2) is 9.78 Å². The number of hydrogen-bond donors (Lipinski definition) is 1. The van der Waals surface area contributed by atoms with Crippen LogP contribution < -0.4 is 10.2 Å². The summed E-state index contributed by atoms with van der Waals surface area (Å²) in [7, 11) is 1.54. The highest BCUT2D eigenvalue weighted by atomic mass is 35.5. The molecule has 0 bridgehead atoms. The molecule has 1 N–H and O–H groups in total. The van der Waals surface area contributed by atoms with Gasteiger partial charge in [-0.3, -0.25) is 4.79 Å². The van der Waals surface area contributed by atoms with Gasteiger partial charge in [-0.2, -0.15) is 5.26 Å². The topological polar surface area (TPSA) is 98.6 Å². The summed E-state index contributed by atoms with van der Waals surface area (Å²) in [4.78, 5) is 32.3. The van der Waals surface area contributed by atoms with Gasteiger partial charge in [0.25, 0.3) is 5.91 Å². The van der Waals surface area contributed by atoms with Crippen molar-refractivity contribution >= 4 is 29.4 Å². The first-order chi connectivity index (χ1) is 15.1. The molecule has 1 aromatic carbocycles. The van der Waals surface area contributed by atoms with Gasteiger partial charge < -0.3 is 19.9 Å². The molecular formula is C23H26ClN5O3. The van der Waals surface area contributed by atoms with E-state index in [9.17, 15) is 14.9 Å². The fraction of sp³-hybridized carbons (Fsp3) is 0.391. The Hall–Kier alpha value is -3.31. The molecular weight excluding hydrogens is 430 g/mol. The van der Waals surface area contributed by atoms with Gasteiger partial charge in [0.05, 0.1) is 16.1 Å². The van der Waals surface area contributed by atoms with Gasteiger partial charge in [-0.05, 0) is 44.5 Å². The van der Waals surface area contributed by atoms with Crippen molar-refractivity contribution in [3.05, 3.63) is 46.6 Å². The number of piperazine rings is 1. The fourth-order valence-corrected chi connectivity index (χ4v) is 3.66. The smallest absolute Gasteiger partial charge is 0.410 e. The summed E-state index contributed by atoms with van der Waals surface area (Å²) < 4.78 is 5.43. The molecule has 1 aliphatic heterocycles. The molecule has 0 radical (unpaired) electrons. The number of carbonyl (C=O) groups is 2. The first-order valence-electron chi connectivity index (χ1n) is 10.3. The van der Waals surface area contributed by atoms with E-state index in [-0.39, 0.29) is 12.0 Å². The Balaban J connectivity index is 1.76. The Kier molecular flexibility index (Phi) is 6.90. The number of nitrogens with one attached hydrogen (secondary N) is 1. The number of nitriles is 1. The average Bonchev–Trinajstić information content (AvgIpc) is 2.77. The number of ether oxygens (including phenoxy) is 1. The lowest BCUT2D eigenvalue weighted by molar-refractivity contribution is 0.0240. The van der Waals surface area contributed by atoms with E-state index in [0.29, 0.717) is 48.1 Å². The molecule has 1 fully saturated rings. The third kappa shape index (κ3) is 5.29. The van der Waals surface area contributed by atoms with Crippen LogP contribution in [0.25, 0.3) is 11.1 Å². The lowest BCUT2D eigenvalue weighted by atomic mass is 10.0. The highest BCUT2D eigenvalue weighted by molar-refractivity contribution is 6.34. The lowest BCUT2D eigenvalue weighted by Crippen LogP contribution is -2.50. The normalized spacial score (nSPS) is 14.0. The first-order valence-corrected chi connectivity index (χ1v) is 10.7. The van der Waals surface area contributed by atoms with Crippen molar-refractivity contribution < 1.29 is 14.3 Å². The highest BCUT2D eigenvalue weighted by Gasteiger charge is 2.27. The van der Waals surface area contributed by atoms with Crippen LogP contribution in [0.15, 0.2) is 30.5 Å². The molecule has 0 aliphatic carbocycles. The Labute approximate surface area is 192 Å². The Bertz CT molecular complexity index is 1070. The van der Waals surface area contributed by atoms with Crippen LogP contribution in [0.3, 0.4) is 0 Å². The molecule has 8 nitrogen and oxygen atoms in total. The summed E-state index contributed by atoms with van der Waals surface area (Å²) in [6, 6.07) is 9.07. The van der Waals surface area contributed by atoms with E-state index in [1.54, 1.807) is 42.4 Å². The zero-order chi connectivity index (χ0) is 23.5. The zero-order valence-corrected chi connectivity index (χ0v) is 19.4. The molecule has 0 saturated carbocycles. The minimum atomic E-state index is -0.541. The third-order valence-corrected chi connectivity index (χ3v) is 5.30. The first kappa shape index (κ1) is 23.4.